The summed E-state index contributed by atoms with van der Waals surface area (Å²) in [6.45, 7) is 2.60. The molecule has 0 amide bonds. The van der Waals surface area contributed by atoms with Crippen molar-refractivity contribution in [1.82, 2.24) is 15.6 Å². The van der Waals surface area contributed by atoms with E-state index >= 15 is 0 Å². The molecule has 0 unspecified atom stereocenters. The summed E-state index contributed by atoms with van der Waals surface area (Å²) in [6.07, 6.45) is 2.63. The molecule has 2 N–H and O–H groups in total. The third-order valence-electron chi connectivity index (χ3n) is 3.54. The highest BCUT2D eigenvalue weighted by Crippen LogP contribution is 2.26. The second-order valence-corrected chi connectivity index (χ2v) is 6.91. The van der Waals surface area contributed by atoms with Gasteiger partial charge >= 0.3 is 6.61 Å². The molecule has 1 heterocycles. The van der Waals surface area contributed by atoms with Gasteiger partial charge < -0.3 is 20.1 Å². The highest BCUT2D eigenvalue weighted by atomic mass is 32.1. The number of aromatic nitrogens is 1. The normalized spacial score (nSPS) is 11.6. The highest BCUT2D eigenvalue weighted by molar-refractivity contribution is 7.11. The van der Waals surface area contributed by atoms with Crippen molar-refractivity contribution in [1.29, 1.82) is 0 Å². The SMILES string of the molecule is CCNC(=NCc1cc(OC)ccc1OC(F)F)NCCc1ncc(C)s1. The van der Waals surface area contributed by atoms with Gasteiger partial charge in [0.2, 0.25) is 0 Å². The maximum absolute atomic E-state index is 12.6. The molecule has 0 fully saturated rings. The molecule has 0 aliphatic heterocycles. The molecule has 0 bridgehead atoms. The van der Waals surface area contributed by atoms with Crippen LogP contribution in [0.3, 0.4) is 0 Å². The van der Waals surface area contributed by atoms with E-state index in [1.165, 1.54) is 18.1 Å². The molecular formula is C18H24F2N4O2S. The topological polar surface area (TPSA) is 67.8 Å². The van der Waals surface area contributed by atoms with Crippen molar-refractivity contribution in [2.24, 2.45) is 4.99 Å². The molecule has 2 rings (SSSR count). The fourth-order valence-electron chi connectivity index (χ4n) is 2.33. The van der Waals surface area contributed by atoms with E-state index in [1.807, 2.05) is 20.0 Å². The first-order valence-corrected chi connectivity index (χ1v) is 9.38. The lowest BCUT2D eigenvalue weighted by Crippen LogP contribution is -2.38. The molecule has 6 nitrogen and oxygen atoms in total. The average molecular weight is 398 g/mol. The summed E-state index contributed by atoms with van der Waals surface area (Å²) in [5.41, 5.74) is 0.516. The second kappa shape index (κ2) is 10.7. The Morgan fingerprint density at radius 3 is 2.78 bits per heavy atom. The summed E-state index contributed by atoms with van der Waals surface area (Å²) < 4.78 is 35.0. The Hall–Kier alpha value is -2.42. The van der Waals surface area contributed by atoms with E-state index in [4.69, 9.17) is 4.74 Å². The van der Waals surface area contributed by atoms with E-state index in [9.17, 15) is 8.78 Å². The summed E-state index contributed by atoms with van der Waals surface area (Å²) >= 11 is 1.66. The fourth-order valence-corrected chi connectivity index (χ4v) is 3.11. The van der Waals surface area contributed by atoms with Crippen molar-refractivity contribution in [3.8, 4) is 11.5 Å². The number of halogens is 2. The Morgan fingerprint density at radius 1 is 1.33 bits per heavy atom. The van der Waals surface area contributed by atoms with Gasteiger partial charge in [0.15, 0.2) is 5.96 Å². The van der Waals surface area contributed by atoms with Crippen molar-refractivity contribution < 1.29 is 18.3 Å². The number of aryl methyl sites for hydroxylation is 1. The molecule has 0 radical (unpaired) electrons. The quantitative estimate of drug-likeness (QED) is 0.501. The number of nitrogens with zero attached hydrogens (tertiary/aromatic N) is 2. The summed E-state index contributed by atoms with van der Waals surface area (Å²) in [7, 11) is 1.52. The van der Waals surface area contributed by atoms with Gasteiger partial charge in [-0.1, -0.05) is 0 Å². The van der Waals surface area contributed by atoms with Gasteiger partial charge in [-0.15, -0.1) is 11.3 Å². The van der Waals surface area contributed by atoms with Gasteiger partial charge in [0.25, 0.3) is 0 Å². The molecule has 0 saturated heterocycles. The van der Waals surface area contributed by atoms with Gasteiger partial charge in [-0.2, -0.15) is 8.78 Å². The predicted octanol–water partition coefficient (Wildman–Crippen LogP) is 3.36. The van der Waals surface area contributed by atoms with Crippen LogP contribution in [0.4, 0.5) is 8.78 Å². The van der Waals surface area contributed by atoms with Crippen LogP contribution in [-0.2, 0) is 13.0 Å². The largest absolute Gasteiger partial charge is 0.497 e. The van der Waals surface area contributed by atoms with Crippen molar-refractivity contribution in [3.05, 3.63) is 39.8 Å². The number of methoxy groups -OCH3 is 1. The van der Waals surface area contributed by atoms with Crippen LogP contribution in [0, 0.1) is 6.92 Å². The molecule has 9 heteroatoms. The molecule has 1 aromatic carbocycles. The standard InChI is InChI=1S/C18H24F2N4O2S/c1-4-21-18(22-8-7-16-23-10-12(2)27-16)24-11-13-9-14(25-3)5-6-15(13)26-17(19)20/h5-6,9-10,17H,4,7-8,11H2,1-3H3,(H2,21,22,24). The number of hydrogen-bond donors (Lipinski definition) is 2. The third-order valence-corrected chi connectivity index (χ3v) is 4.51. The zero-order valence-corrected chi connectivity index (χ0v) is 16.4. The van der Waals surface area contributed by atoms with Gasteiger partial charge in [-0.3, -0.25) is 0 Å². The molecule has 0 saturated carbocycles. The van der Waals surface area contributed by atoms with Crippen LogP contribution in [0.5, 0.6) is 11.5 Å². The Kier molecular flexibility index (Phi) is 8.25. The number of aliphatic imine (C=N–C) groups is 1. The van der Waals surface area contributed by atoms with Crippen LogP contribution in [0.15, 0.2) is 29.4 Å². The second-order valence-electron chi connectivity index (χ2n) is 5.59. The maximum atomic E-state index is 12.6. The van der Waals surface area contributed by atoms with E-state index in [0.717, 1.165) is 11.4 Å². The monoisotopic (exact) mass is 398 g/mol. The molecule has 27 heavy (non-hydrogen) atoms. The van der Waals surface area contributed by atoms with Crippen LogP contribution in [-0.4, -0.2) is 37.8 Å². The van der Waals surface area contributed by atoms with Gasteiger partial charge in [0.05, 0.1) is 18.7 Å². The number of rotatable bonds is 9. The number of ether oxygens (including phenoxy) is 2. The minimum absolute atomic E-state index is 0.0867. The first kappa shape index (κ1) is 20.9. The van der Waals surface area contributed by atoms with E-state index < -0.39 is 6.61 Å². The predicted molar refractivity (Wildman–Crippen MR) is 103 cm³/mol. The van der Waals surface area contributed by atoms with Gasteiger partial charge in [-0.05, 0) is 32.0 Å². The molecule has 0 aliphatic rings. The highest BCUT2D eigenvalue weighted by Gasteiger charge is 2.11. The number of nitrogens with one attached hydrogen (secondary N) is 2. The zero-order valence-electron chi connectivity index (χ0n) is 15.6. The lowest BCUT2D eigenvalue weighted by molar-refractivity contribution is -0.0504. The van der Waals surface area contributed by atoms with Crippen LogP contribution >= 0.6 is 11.3 Å². The van der Waals surface area contributed by atoms with Crippen molar-refractivity contribution in [3.63, 3.8) is 0 Å². The number of guanidine groups is 1. The molecule has 0 spiro atoms. The van der Waals surface area contributed by atoms with E-state index in [0.29, 0.717) is 30.4 Å². The summed E-state index contributed by atoms with van der Waals surface area (Å²) in [5, 5.41) is 7.41. The molecular weight excluding hydrogens is 374 g/mol. The summed E-state index contributed by atoms with van der Waals surface area (Å²) in [4.78, 5) is 9.96. The van der Waals surface area contributed by atoms with Crippen LogP contribution in [0.25, 0.3) is 0 Å². The van der Waals surface area contributed by atoms with Gasteiger partial charge in [-0.25, -0.2) is 9.98 Å². The van der Waals surface area contributed by atoms with E-state index in [2.05, 4.69) is 25.3 Å². The van der Waals surface area contributed by atoms with Gasteiger partial charge in [0, 0.05) is 36.1 Å². The number of thiazole rings is 1. The molecule has 2 aromatic rings. The number of alkyl halides is 2. The average Bonchev–Trinajstić information content (AvgIpc) is 3.05. The molecule has 148 valence electrons. The van der Waals surface area contributed by atoms with Crippen LogP contribution in [0.1, 0.15) is 22.4 Å². The Bertz CT molecular complexity index is 753. The number of benzene rings is 1. The van der Waals surface area contributed by atoms with Crippen LogP contribution in [0.2, 0.25) is 0 Å². The minimum Gasteiger partial charge on any atom is -0.497 e. The number of hydrogen-bond acceptors (Lipinski definition) is 5. The fraction of sp³-hybridized carbons (Fsp3) is 0.444. The Balaban J connectivity index is 2.03. The molecule has 1 aromatic heterocycles. The minimum atomic E-state index is -2.89. The van der Waals surface area contributed by atoms with Gasteiger partial charge in [0.1, 0.15) is 11.5 Å². The zero-order chi connectivity index (χ0) is 19.6. The van der Waals surface area contributed by atoms with Crippen molar-refractivity contribution >= 4 is 17.3 Å². The summed E-state index contributed by atoms with van der Waals surface area (Å²) in [5.74, 6) is 1.24. The molecule has 0 aliphatic carbocycles. The first-order chi connectivity index (χ1) is 13.0. The van der Waals surface area contributed by atoms with Crippen LogP contribution < -0.4 is 20.1 Å². The lowest BCUT2D eigenvalue weighted by atomic mass is 10.2. The van der Waals surface area contributed by atoms with E-state index in [-0.39, 0.29) is 12.3 Å². The van der Waals surface area contributed by atoms with E-state index in [1.54, 1.807) is 23.5 Å². The van der Waals surface area contributed by atoms with Crippen molar-refractivity contribution in [2.75, 3.05) is 20.2 Å². The Labute approximate surface area is 161 Å². The maximum Gasteiger partial charge on any atom is 0.387 e. The summed E-state index contributed by atoms with van der Waals surface area (Å²) in [6, 6.07) is 4.68. The smallest absolute Gasteiger partial charge is 0.387 e. The molecule has 0 atom stereocenters. The Morgan fingerprint density at radius 2 is 2.15 bits per heavy atom. The van der Waals surface area contributed by atoms with Crippen molar-refractivity contribution in [2.45, 2.75) is 33.4 Å². The first-order valence-electron chi connectivity index (χ1n) is 8.57. The lowest BCUT2D eigenvalue weighted by Gasteiger charge is -2.13. The third kappa shape index (κ3) is 7.01.